The molecule has 0 saturated carbocycles. The van der Waals surface area contributed by atoms with Crippen LogP contribution in [0, 0.1) is 5.41 Å². The summed E-state index contributed by atoms with van der Waals surface area (Å²) in [5.41, 5.74) is 0.155. The van der Waals surface area contributed by atoms with Gasteiger partial charge in [-0.15, -0.1) is 6.58 Å². The van der Waals surface area contributed by atoms with Gasteiger partial charge in [-0.3, -0.25) is 9.48 Å². The molecule has 0 saturated heterocycles. The summed E-state index contributed by atoms with van der Waals surface area (Å²) in [5.74, 6) is -0.254. The molecule has 0 N–H and O–H groups in total. The fourth-order valence-corrected chi connectivity index (χ4v) is 1.46. The second-order valence-electron chi connectivity index (χ2n) is 4.00. The van der Waals surface area contributed by atoms with Crippen molar-refractivity contribution in [2.45, 2.75) is 20.3 Å². The zero-order valence-electron chi connectivity index (χ0n) is 10.1. The molecule has 0 aliphatic carbocycles. The van der Waals surface area contributed by atoms with Crippen LogP contribution in [-0.4, -0.2) is 22.4 Å². The highest BCUT2D eigenvalue weighted by molar-refractivity contribution is 5.78. The Balaban J connectivity index is 2.81. The Labute approximate surface area is 95.9 Å². The largest absolute Gasteiger partial charge is 0.465 e. The van der Waals surface area contributed by atoms with Crippen LogP contribution in [0.5, 0.6) is 0 Å². The molecule has 16 heavy (non-hydrogen) atoms. The molecule has 4 nitrogen and oxygen atoms in total. The van der Waals surface area contributed by atoms with Crippen LogP contribution in [0.1, 0.15) is 19.5 Å². The van der Waals surface area contributed by atoms with E-state index in [1.165, 1.54) is 0 Å². The van der Waals surface area contributed by atoms with Gasteiger partial charge >= 0.3 is 5.97 Å². The molecule has 0 spiro atoms. The fourth-order valence-electron chi connectivity index (χ4n) is 1.46. The number of carbonyl (C=O) groups is 1. The lowest BCUT2D eigenvalue weighted by atomic mass is 9.86. The minimum atomic E-state index is -0.704. The molecule has 1 aromatic rings. The summed E-state index contributed by atoms with van der Waals surface area (Å²) in [5, 5.41) is 4.25. The van der Waals surface area contributed by atoms with Crippen molar-refractivity contribution in [1.29, 1.82) is 0 Å². The zero-order chi connectivity index (χ0) is 12.2. The third-order valence-corrected chi connectivity index (χ3v) is 2.51. The van der Waals surface area contributed by atoms with Gasteiger partial charge in [-0.1, -0.05) is 6.08 Å². The maximum absolute atomic E-state index is 11.8. The van der Waals surface area contributed by atoms with Crippen LogP contribution in [0.4, 0.5) is 0 Å². The molecule has 0 amide bonds. The summed E-state index contributed by atoms with van der Waals surface area (Å²) >= 11 is 0. The second kappa shape index (κ2) is 4.96. The van der Waals surface area contributed by atoms with E-state index in [2.05, 4.69) is 11.7 Å². The topological polar surface area (TPSA) is 44.1 Å². The van der Waals surface area contributed by atoms with Gasteiger partial charge in [0.2, 0.25) is 0 Å². The van der Waals surface area contributed by atoms with Crippen LogP contribution in [0.15, 0.2) is 24.9 Å². The Bertz CT molecular complexity index is 384. The van der Waals surface area contributed by atoms with Crippen LogP contribution in [-0.2, 0) is 23.0 Å². The molecule has 88 valence electrons. The normalized spacial score (nSPS) is 14.2. The number of carbonyl (C=O) groups excluding carboxylic acids is 1. The number of nitrogens with zero attached hydrogens (tertiary/aromatic N) is 2. The first-order valence-electron chi connectivity index (χ1n) is 5.31. The molecular weight excluding hydrogens is 204 g/mol. The molecule has 0 radical (unpaired) electrons. The van der Waals surface area contributed by atoms with Crippen molar-refractivity contribution in [2.24, 2.45) is 12.5 Å². The molecule has 0 aliphatic heterocycles. The minimum absolute atomic E-state index is 0.254. The van der Waals surface area contributed by atoms with Crippen molar-refractivity contribution in [3.63, 3.8) is 0 Å². The Morgan fingerprint density at radius 2 is 2.44 bits per heavy atom. The average Bonchev–Trinajstić information content (AvgIpc) is 2.64. The molecular formula is C12H18N2O2. The Morgan fingerprint density at radius 1 is 1.75 bits per heavy atom. The quantitative estimate of drug-likeness (QED) is 0.563. The number of esters is 1. The van der Waals surface area contributed by atoms with E-state index < -0.39 is 5.41 Å². The van der Waals surface area contributed by atoms with Gasteiger partial charge in [-0.25, -0.2) is 0 Å². The number of rotatable bonds is 5. The van der Waals surface area contributed by atoms with Gasteiger partial charge in [0.15, 0.2) is 0 Å². The lowest BCUT2D eigenvalue weighted by molar-refractivity contribution is -0.151. The van der Waals surface area contributed by atoms with Gasteiger partial charge in [-0.05, 0) is 19.9 Å². The molecule has 1 rings (SSSR count). The van der Waals surface area contributed by atoms with E-state index in [9.17, 15) is 4.79 Å². The van der Waals surface area contributed by atoms with Crippen LogP contribution >= 0.6 is 0 Å². The Morgan fingerprint density at radius 3 is 2.88 bits per heavy atom. The Kier molecular flexibility index (Phi) is 3.88. The van der Waals surface area contributed by atoms with Crippen molar-refractivity contribution in [3.05, 3.63) is 30.6 Å². The summed E-state index contributed by atoms with van der Waals surface area (Å²) in [6.07, 6.45) is 3.99. The van der Waals surface area contributed by atoms with Crippen LogP contribution < -0.4 is 0 Å². The average molecular weight is 222 g/mol. The van der Waals surface area contributed by atoms with E-state index in [4.69, 9.17) is 4.74 Å². The molecule has 4 heteroatoms. The fraction of sp³-hybridized carbons (Fsp3) is 0.500. The van der Waals surface area contributed by atoms with Gasteiger partial charge in [0, 0.05) is 19.7 Å². The molecule has 1 heterocycles. The van der Waals surface area contributed by atoms with Crippen molar-refractivity contribution >= 4 is 5.97 Å². The predicted molar refractivity (Wildman–Crippen MR) is 61.8 cm³/mol. The SMILES string of the molecule is C=CC(C)(Cc1ccn(C)n1)C(=O)OCC. The summed E-state index contributed by atoms with van der Waals surface area (Å²) in [7, 11) is 1.85. The van der Waals surface area contributed by atoms with E-state index in [0.717, 1.165) is 5.69 Å². The van der Waals surface area contributed by atoms with E-state index in [1.54, 1.807) is 17.7 Å². The summed E-state index contributed by atoms with van der Waals surface area (Å²) < 4.78 is 6.74. The third kappa shape index (κ3) is 2.72. The molecule has 1 aromatic heterocycles. The van der Waals surface area contributed by atoms with Crippen LogP contribution in [0.2, 0.25) is 0 Å². The van der Waals surface area contributed by atoms with E-state index in [1.807, 2.05) is 26.2 Å². The molecule has 1 unspecified atom stereocenters. The van der Waals surface area contributed by atoms with Gasteiger partial charge < -0.3 is 4.74 Å². The highest BCUT2D eigenvalue weighted by Gasteiger charge is 2.32. The first-order valence-corrected chi connectivity index (χ1v) is 5.31. The van der Waals surface area contributed by atoms with Gasteiger partial charge in [-0.2, -0.15) is 5.10 Å². The highest BCUT2D eigenvalue weighted by atomic mass is 16.5. The molecule has 0 bridgehead atoms. The minimum Gasteiger partial charge on any atom is -0.465 e. The standard InChI is InChI=1S/C12H18N2O2/c1-5-12(3,11(15)16-6-2)9-10-7-8-14(4)13-10/h5,7-8H,1,6,9H2,2-4H3. The van der Waals surface area contributed by atoms with Gasteiger partial charge in [0.1, 0.15) is 0 Å². The summed E-state index contributed by atoms with van der Waals surface area (Å²) in [6.45, 7) is 7.69. The van der Waals surface area contributed by atoms with Crippen molar-refractivity contribution in [1.82, 2.24) is 9.78 Å². The van der Waals surface area contributed by atoms with Crippen molar-refractivity contribution in [3.8, 4) is 0 Å². The monoisotopic (exact) mass is 222 g/mol. The number of hydrogen-bond acceptors (Lipinski definition) is 3. The third-order valence-electron chi connectivity index (χ3n) is 2.51. The first kappa shape index (κ1) is 12.5. The van der Waals surface area contributed by atoms with Crippen molar-refractivity contribution < 1.29 is 9.53 Å². The maximum atomic E-state index is 11.8. The number of ether oxygens (including phenoxy) is 1. The van der Waals surface area contributed by atoms with Crippen molar-refractivity contribution in [2.75, 3.05) is 6.61 Å². The Hall–Kier alpha value is -1.58. The van der Waals surface area contributed by atoms with Crippen LogP contribution in [0.3, 0.4) is 0 Å². The maximum Gasteiger partial charge on any atom is 0.316 e. The molecule has 0 fully saturated rings. The predicted octanol–water partition coefficient (Wildman–Crippen LogP) is 1.72. The smallest absolute Gasteiger partial charge is 0.316 e. The molecule has 0 aromatic carbocycles. The second-order valence-corrected chi connectivity index (χ2v) is 4.00. The highest BCUT2D eigenvalue weighted by Crippen LogP contribution is 2.24. The van der Waals surface area contributed by atoms with Crippen LogP contribution in [0.25, 0.3) is 0 Å². The first-order chi connectivity index (χ1) is 7.51. The lowest BCUT2D eigenvalue weighted by Crippen LogP contribution is -2.30. The zero-order valence-corrected chi connectivity index (χ0v) is 10.1. The summed E-state index contributed by atoms with van der Waals surface area (Å²) in [4.78, 5) is 11.8. The molecule has 0 aliphatic rings. The number of aryl methyl sites for hydroxylation is 1. The van der Waals surface area contributed by atoms with Gasteiger partial charge in [0.05, 0.1) is 17.7 Å². The lowest BCUT2D eigenvalue weighted by Gasteiger charge is -2.22. The summed E-state index contributed by atoms with van der Waals surface area (Å²) in [6, 6.07) is 1.89. The van der Waals surface area contributed by atoms with Gasteiger partial charge in [0.25, 0.3) is 0 Å². The number of hydrogen-bond donors (Lipinski definition) is 0. The number of aromatic nitrogens is 2. The van der Waals surface area contributed by atoms with E-state index in [0.29, 0.717) is 13.0 Å². The molecule has 1 atom stereocenters. The van der Waals surface area contributed by atoms with E-state index in [-0.39, 0.29) is 5.97 Å². The van der Waals surface area contributed by atoms with E-state index >= 15 is 0 Å².